The van der Waals surface area contributed by atoms with Crippen LogP contribution in [0, 0.1) is 6.92 Å². The molecule has 0 aliphatic rings. The van der Waals surface area contributed by atoms with Crippen molar-refractivity contribution in [3.8, 4) is 0 Å². The average Bonchev–Trinajstić information content (AvgIpc) is 3.07. The molecule has 23 heavy (non-hydrogen) atoms. The number of nitrogens with zero attached hydrogens (tertiary/aromatic N) is 4. The van der Waals surface area contributed by atoms with E-state index in [1.54, 1.807) is 23.6 Å². The summed E-state index contributed by atoms with van der Waals surface area (Å²) < 4.78 is 28.8. The molecule has 1 aromatic carbocycles. The summed E-state index contributed by atoms with van der Waals surface area (Å²) in [6.45, 7) is 6.06. The van der Waals surface area contributed by atoms with Crippen LogP contribution in [0.3, 0.4) is 0 Å². The second-order valence-electron chi connectivity index (χ2n) is 5.49. The number of aryl methyl sites for hydroxylation is 1. The van der Waals surface area contributed by atoms with Gasteiger partial charge in [0, 0.05) is 0 Å². The summed E-state index contributed by atoms with van der Waals surface area (Å²) in [6.07, 6.45) is 0. The zero-order valence-corrected chi connectivity index (χ0v) is 14.6. The molecule has 122 valence electrons. The van der Waals surface area contributed by atoms with Crippen LogP contribution in [0.1, 0.15) is 36.2 Å². The van der Waals surface area contributed by atoms with Gasteiger partial charge in [-0.3, -0.25) is 0 Å². The number of rotatable bonds is 5. The van der Waals surface area contributed by atoms with Crippen LogP contribution in [0.2, 0.25) is 0 Å². The molecule has 7 nitrogen and oxygen atoms in total. The molecule has 9 heteroatoms. The Morgan fingerprint density at radius 1 is 1.22 bits per heavy atom. The Morgan fingerprint density at radius 2 is 1.91 bits per heavy atom. The Bertz CT molecular complexity index is 926. The van der Waals surface area contributed by atoms with Crippen molar-refractivity contribution in [2.45, 2.75) is 38.1 Å². The minimum atomic E-state index is -3.56. The Kier molecular flexibility index (Phi) is 4.17. The Morgan fingerprint density at radius 3 is 2.52 bits per heavy atom. The monoisotopic (exact) mass is 351 g/mol. The average molecular weight is 351 g/mol. The maximum atomic E-state index is 12.3. The molecule has 0 saturated heterocycles. The standard InChI is InChI=1S/C14H17N5O2S2/c1-9(2)11-4-6-12(7-5-11)23(20,21)15-8-13-18-19-10(3)16-17-14(19)22-13/h4-7,9,15H,8H2,1-3H3. The van der Waals surface area contributed by atoms with Gasteiger partial charge in [0.25, 0.3) is 0 Å². The first-order valence-electron chi connectivity index (χ1n) is 7.14. The molecule has 0 fully saturated rings. The summed E-state index contributed by atoms with van der Waals surface area (Å²) >= 11 is 1.31. The van der Waals surface area contributed by atoms with E-state index in [9.17, 15) is 8.42 Å². The zero-order valence-electron chi connectivity index (χ0n) is 13.0. The first-order valence-corrected chi connectivity index (χ1v) is 9.44. The van der Waals surface area contributed by atoms with Crippen molar-refractivity contribution in [2.24, 2.45) is 0 Å². The first kappa shape index (κ1) is 16.0. The van der Waals surface area contributed by atoms with Crippen molar-refractivity contribution >= 4 is 26.3 Å². The number of fused-ring (bicyclic) bond motifs is 1. The third-order valence-corrected chi connectivity index (χ3v) is 5.78. The lowest BCUT2D eigenvalue weighted by Crippen LogP contribution is -2.23. The van der Waals surface area contributed by atoms with Gasteiger partial charge in [0.1, 0.15) is 5.01 Å². The van der Waals surface area contributed by atoms with E-state index in [2.05, 4.69) is 33.9 Å². The number of nitrogens with one attached hydrogen (secondary N) is 1. The molecule has 3 rings (SSSR count). The van der Waals surface area contributed by atoms with Gasteiger partial charge in [-0.1, -0.05) is 37.3 Å². The molecule has 0 bridgehead atoms. The van der Waals surface area contributed by atoms with E-state index < -0.39 is 10.0 Å². The number of hydrogen-bond donors (Lipinski definition) is 1. The Balaban J connectivity index is 1.75. The summed E-state index contributed by atoms with van der Waals surface area (Å²) in [7, 11) is -3.56. The molecular weight excluding hydrogens is 334 g/mol. The molecule has 0 saturated carbocycles. The quantitative estimate of drug-likeness (QED) is 0.760. The first-order chi connectivity index (χ1) is 10.9. The molecule has 0 radical (unpaired) electrons. The van der Waals surface area contributed by atoms with E-state index in [0.29, 0.717) is 21.7 Å². The lowest BCUT2D eigenvalue weighted by Gasteiger charge is -2.08. The molecule has 1 N–H and O–H groups in total. The van der Waals surface area contributed by atoms with E-state index in [1.165, 1.54) is 11.3 Å². The molecule has 0 unspecified atom stereocenters. The van der Waals surface area contributed by atoms with Crippen molar-refractivity contribution in [1.29, 1.82) is 0 Å². The van der Waals surface area contributed by atoms with Crippen molar-refractivity contribution in [3.63, 3.8) is 0 Å². The van der Waals surface area contributed by atoms with Gasteiger partial charge in [-0.2, -0.15) is 9.61 Å². The van der Waals surface area contributed by atoms with E-state index in [-0.39, 0.29) is 11.4 Å². The number of benzene rings is 1. The van der Waals surface area contributed by atoms with Gasteiger partial charge in [0.2, 0.25) is 15.0 Å². The lowest BCUT2D eigenvalue weighted by molar-refractivity contribution is 0.580. The highest BCUT2D eigenvalue weighted by Gasteiger charge is 2.16. The van der Waals surface area contributed by atoms with E-state index in [4.69, 9.17) is 0 Å². The van der Waals surface area contributed by atoms with Gasteiger partial charge in [-0.05, 0) is 30.5 Å². The van der Waals surface area contributed by atoms with Gasteiger partial charge in [0.05, 0.1) is 11.4 Å². The highest BCUT2D eigenvalue weighted by molar-refractivity contribution is 7.89. The maximum absolute atomic E-state index is 12.3. The van der Waals surface area contributed by atoms with E-state index in [0.717, 1.165) is 5.56 Å². The fourth-order valence-electron chi connectivity index (χ4n) is 2.10. The van der Waals surface area contributed by atoms with Gasteiger partial charge < -0.3 is 0 Å². The lowest BCUT2D eigenvalue weighted by atomic mass is 10.0. The van der Waals surface area contributed by atoms with Crippen LogP contribution in [0.5, 0.6) is 0 Å². The summed E-state index contributed by atoms with van der Waals surface area (Å²) in [5.74, 6) is 1.04. The van der Waals surface area contributed by atoms with E-state index in [1.807, 2.05) is 12.1 Å². The van der Waals surface area contributed by atoms with Crippen molar-refractivity contribution in [1.82, 2.24) is 24.5 Å². The molecule has 0 aliphatic carbocycles. The predicted molar refractivity (Wildman–Crippen MR) is 88.0 cm³/mol. The van der Waals surface area contributed by atoms with Crippen LogP contribution < -0.4 is 4.72 Å². The highest BCUT2D eigenvalue weighted by Crippen LogP contribution is 2.18. The second kappa shape index (κ2) is 5.99. The Labute approximate surface area is 138 Å². The number of sulfonamides is 1. The molecule has 0 aliphatic heterocycles. The topological polar surface area (TPSA) is 89.2 Å². The van der Waals surface area contributed by atoms with E-state index >= 15 is 0 Å². The summed E-state index contributed by atoms with van der Waals surface area (Å²) in [4.78, 5) is 0.902. The fraction of sp³-hybridized carbons (Fsp3) is 0.357. The van der Waals surface area contributed by atoms with Gasteiger partial charge in [-0.25, -0.2) is 13.1 Å². The third kappa shape index (κ3) is 3.26. The minimum Gasteiger partial charge on any atom is -0.207 e. The van der Waals surface area contributed by atoms with Crippen LogP contribution in [-0.4, -0.2) is 28.2 Å². The molecule has 2 heterocycles. The normalized spacial score (nSPS) is 12.3. The fourth-order valence-corrected chi connectivity index (χ4v) is 4.00. The largest absolute Gasteiger partial charge is 0.240 e. The van der Waals surface area contributed by atoms with Gasteiger partial charge >= 0.3 is 0 Å². The molecule has 0 amide bonds. The van der Waals surface area contributed by atoms with Crippen molar-refractivity contribution < 1.29 is 8.42 Å². The molecule has 2 aromatic heterocycles. The molecule has 0 spiro atoms. The smallest absolute Gasteiger partial charge is 0.207 e. The van der Waals surface area contributed by atoms with Gasteiger partial charge in [-0.15, -0.1) is 10.2 Å². The van der Waals surface area contributed by atoms with Crippen molar-refractivity contribution in [2.75, 3.05) is 0 Å². The SMILES string of the molecule is Cc1nnc2sc(CNS(=O)(=O)c3ccc(C(C)C)cc3)nn12. The van der Waals surface area contributed by atoms with Crippen LogP contribution >= 0.6 is 11.3 Å². The summed E-state index contributed by atoms with van der Waals surface area (Å²) in [6, 6.07) is 6.93. The number of hydrogen-bond acceptors (Lipinski definition) is 6. The van der Waals surface area contributed by atoms with Crippen LogP contribution in [0.15, 0.2) is 29.2 Å². The Hall–Kier alpha value is -1.84. The van der Waals surface area contributed by atoms with Crippen LogP contribution in [-0.2, 0) is 16.6 Å². The second-order valence-corrected chi connectivity index (χ2v) is 8.29. The third-order valence-electron chi connectivity index (χ3n) is 3.46. The van der Waals surface area contributed by atoms with Crippen molar-refractivity contribution in [3.05, 3.63) is 40.7 Å². The minimum absolute atomic E-state index is 0.127. The predicted octanol–water partition coefficient (Wildman–Crippen LogP) is 2.10. The maximum Gasteiger partial charge on any atom is 0.240 e. The van der Waals surface area contributed by atoms with Crippen LogP contribution in [0.25, 0.3) is 4.96 Å². The number of aromatic nitrogens is 4. The molecule has 3 aromatic rings. The molecular formula is C14H17N5O2S2. The molecule has 0 atom stereocenters. The summed E-state index contributed by atoms with van der Waals surface area (Å²) in [5, 5.41) is 12.8. The zero-order chi connectivity index (χ0) is 16.6. The van der Waals surface area contributed by atoms with Crippen LogP contribution in [0.4, 0.5) is 0 Å². The van der Waals surface area contributed by atoms with Gasteiger partial charge in [0.15, 0.2) is 5.82 Å². The highest BCUT2D eigenvalue weighted by atomic mass is 32.2. The summed E-state index contributed by atoms with van der Waals surface area (Å²) in [5.41, 5.74) is 1.10.